The number of methoxy groups -OCH3 is 1. The minimum atomic E-state index is -8.73. The molecular formula is C40H42F19NO7Si. The van der Waals surface area contributed by atoms with Crippen molar-refractivity contribution in [3.8, 4) is 5.75 Å². The first-order valence-corrected chi connectivity index (χ1v) is 21.6. The van der Waals surface area contributed by atoms with Gasteiger partial charge in [-0.3, -0.25) is 5.32 Å². The van der Waals surface area contributed by atoms with Gasteiger partial charge in [-0.2, -0.15) is 74.6 Å². The molecule has 0 aliphatic carbocycles. The molecule has 0 saturated heterocycles. The van der Waals surface area contributed by atoms with Crippen LogP contribution in [0.3, 0.4) is 0 Å². The molecule has 0 heterocycles. The van der Waals surface area contributed by atoms with E-state index in [0.29, 0.717) is 6.07 Å². The van der Waals surface area contributed by atoms with E-state index in [-0.39, 0.29) is 17.9 Å². The van der Waals surface area contributed by atoms with Crippen LogP contribution in [0, 0.1) is 11.6 Å². The van der Waals surface area contributed by atoms with Crippen molar-refractivity contribution in [1.82, 2.24) is 0 Å². The topological polar surface area (TPSA) is 92.3 Å². The van der Waals surface area contributed by atoms with Gasteiger partial charge in [0, 0.05) is 25.7 Å². The number of benzene rings is 2. The van der Waals surface area contributed by atoms with E-state index in [0.717, 1.165) is 31.4 Å². The number of anilines is 1. The first kappa shape index (κ1) is 59.4. The summed E-state index contributed by atoms with van der Waals surface area (Å²) in [5.41, 5.74) is -2.26. The highest BCUT2D eigenvalue weighted by Crippen LogP contribution is 2.64. The summed E-state index contributed by atoms with van der Waals surface area (Å²) < 4.78 is 291. The third-order valence-corrected chi connectivity index (χ3v) is 15.9. The average molecular weight is 1040 g/mol. The van der Waals surface area contributed by atoms with Crippen molar-refractivity contribution >= 4 is 26.1 Å². The molecule has 8 nitrogen and oxygen atoms in total. The summed E-state index contributed by atoms with van der Waals surface area (Å²) in [4.78, 5) is 24.9. The highest BCUT2D eigenvalue weighted by Gasteiger charge is 2.95. The average Bonchev–Trinajstić information content (AvgIpc) is 3.22. The summed E-state index contributed by atoms with van der Waals surface area (Å²) in [6.45, 7) is 7.18. The van der Waals surface area contributed by atoms with Crippen LogP contribution in [-0.2, 0) is 23.4 Å². The maximum absolute atomic E-state index is 15.0. The number of amides is 1. The molecule has 0 aliphatic rings. The molecule has 0 saturated carbocycles. The van der Waals surface area contributed by atoms with Crippen molar-refractivity contribution in [3.05, 3.63) is 84.5 Å². The van der Waals surface area contributed by atoms with E-state index >= 15 is 8.78 Å². The SMILES string of the molecule is C=CCOC(=O)/C=C/[C@@H](OC)[C@H](OC(=O)Nc1ccc(F)cc1F)c1ccc(OCCO[Si](CCC(F)(F)C(F)(F)C(F)(F)C(F)(F)C(F)(F)C(F)(F)C(F)(F)C(F)(F)F)(C(C)C)C(C)C)cc1. The van der Waals surface area contributed by atoms with Crippen molar-refractivity contribution in [2.24, 2.45) is 0 Å². The lowest BCUT2D eigenvalue weighted by Gasteiger charge is -2.44. The Morgan fingerprint density at radius 1 is 0.721 bits per heavy atom. The lowest BCUT2D eigenvalue weighted by atomic mass is 9.88. The third kappa shape index (κ3) is 12.2. The molecule has 0 spiro atoms. The van der Waals surface area contributed by atoms with E-state index in [9.17, 15) is 84.2 Å². The minimum absolute atomic E-state index is 0.0162. The number of ether oxygens (including phenoxy) is 4. The number of nitrogens with one attached hydrogen (secondary N) is 1. The summed E-state index contributed by atoms with van der Waals surface area (Å²) in [6, 6.07) is 5.86. The minimum Gasteiger partial charge on any atom is -0.491 e. The molecule has 1 N–H and O–H groups in total. The van der Waals surface area contributed by atoms with Gasteiger partial charge in [-0.05, 0) is 53.0 Å². The van der Waals surface area contributed by atoms with E-state index in [1.54, 1.807) is 0 Å². The Hall–Kier alpha value is -4.73. The van der Waals surface area contributed by atoms with Gasteiger partial charge in [-0.25, -0.2) is 18.4 Å². The third-order valence-electron chi connectivity index (χ3n) is 10.2. The molecule has 1 amide bonds. The second-order valence-electron chi connectivity index (χ2n) is 15.2. The van der Waals surface area contributed by atoms with Gasteiger partial charge in [-0.15, -0.1) is 0 Å². The lowest BCUT2D eigenvalue weighted by molar-refractivity contribution is -0.461. The van der Waals surface area contributed by atoms with E-state index in [1.165, 1.54) is 58.0 Å². The van der Waals surface area contributed by atoms with Gasteiger partial charge in [0.25, 0.3) is 0 Å². The zero-order valence-electron chi connectivity index (χ0n) is 35.9. The maximum Gasteiger partial charge on any atom is 0.460 e. The number of esters is 1. The van der Waals surface area contributed by atoms with Crippen molar-refractivity contribution in [2.75, 3.05) is 32.2 Å². The Morgan fingerprint density at radius 2 is 1.24 bits per heavy atom. The highest BCUT2D eigenvalue weighted by molar-refractivity contribution is 6.76. The molecular weight excluding hydrogens is 995 g/mol. The van der Waals surface area contributed by atoms with Crippen molar-refractivity contribution in [2.45, 2.75) is 111 Å². The smallest absolute Gasteiger partial charge is 0.460 e. The number of carbonyl (C=O) groups excluding carboxylic acids is 2. The van der Waals surface area contributed by atoms with Crippen LogP contribution in [0.15, 0.2) is 67.3 Å². The van der Waals surface area contributed by atoms with E-state index < -0.39 is 134 Å². The Labute approximate surface area is 375 Å². The molecule has 2 aromatic rings. The summed E-state index contributed by atoms with van der Waals surface area (Å²) in [7, 11) is -2.93. The van der Waals surface area contributed by atoms with Crippen LogP contribution in [0.5, 0.6) is 5.75 Å². The second-order valence-corrected chi connectivity index (χ2v) is 20.2. The van der Waals surface area contributed by atoms with Crippen LogP contribution in [0.1, 0.15) is 45.8 Å². The fourth-order valence-electron chi connectivity index (χ4n) is 6.34. The van der Waals surface area contributed by atoms with Crippen molar-refractivity contribution < 1.29 is 116 Å². The predicted molar refractivity (Wildman–Crippen MR) is 204 cm³/mol. The quantitative estimate of drug-likeness (QED) is 0.0264. The van der Waals surface area contributed by atoms with Crippen LogP contribution in [0.2, 0.25) is 17.1 Å². The largest absolute Gasteiger partial charge is 0.491 e. The van der Waals surface area contributed by atoms with Gasteiger partial charge in [0.2, 0.25) is 0 Å². The fourth-order valence-corrected chi connectivity index (χ4v) is 10.8. The molecule has 2 aromatic carbocycles. The highest BCUT2D eigenvalue weighted by atomic mass is 28.4. The molecule has 28 heteroatoms. The van der Waals surface area contributed by atoms with Crippen LogP contribution in [0.25, 0.3) is 0 Å². The Balaban J connectivity index is 2.34. The number of rotatable bonds is 25. The number of hydrogen-bond donors (Lipinski definition) is 1. The number of alkyl halides is 17. The Kier molecular flexibility index (Phi) is 19.1. The van der Waals surface area contributed by atoms with Gasteiger partial charge in [-0.1, -0.05) is 52.5 Å². The van der Waals surface area contributed by atoms with Crippen LogP contribution in [-0.4, -0.2) is 101 Å². The monoisotopic (exact) mass is 1040 g/mol. The zero-order valence-corrected chi connectivity index (χ0v) is 36.9. The lowest BCUT2D eigenvalue weighted by Crippen LogP contribution is -2.74. The van der Waals surface area contributed by atoms with Gasteiger partial charge in [0.1, 0.15) is 36.7 Å². The number of halogens is 19. The summed E-state index contributed by atoms with van der Waals surface area (Å²) in [6.07, 6.45) is -11.2. The number of carbonyl (C=O) groups is 2. The number of hydrogen-bond acceptors (Lipinski definition) is 7. The van der Waals surface area contributed by atoms with Gasteiger partial charge in [0.05, 0.1) is 12.3 Å². The Bertz CT molecular complexity index is 2040. The molecule has 0 fully saturated rings. The molecule has 0 unspecified atom stereocenters. The van der Waals surface area contributed by atoms with Crippen LogP contribution < -0.4 is 10.1 Å². The predicted octanol–water partition coefficient (Wildman–Crippen LogP) is 13.1. The molecule has 0 aliphatic heterocycles. The normalized spacial score (nSPS) is 14.9. The first-order chi connectivity index (χ1) is 30.9. The maximum atomic E-state index is 15.0. The molecule has 0 radical (unpaired) electrons. The molecule has 68 heavy (non-hydrogen) atoms. The van der Waals surface area contributed by atoms with Crippen LogP contribution in [0.4, 0.5) is 93.9 Å². The molecule has 386 valence electrons. The standard InChI is InChI=1S/C40H42F19NO7Si/c1-7-17-65-30(61)15-14-29(63-6)31(67-32(62)60-28-13-10-25(41)21-27(28)42)24-8-11-26(12-9-24)64-18-19-66-68(22(2)3,23(4)5)20-16-33(43,44)34(45,46)35(47,48)36(49,50)37(51,52)38(53,54)39(55,56)40(57,58)59/h7-15,21-23,29,31H,1,16-20H2,2-6H3,(H,60,62)/b15-14+/t29-,31-/m1/s1. The van der Waals surface area contributed by atoms with Crippen LogP contribution >= 0.6 is 0 Å². The summed E-state index contributed by atoms with van der Waals surface area (Å²) in [5.74, 6) is -60.1. The van der Waals surface area contributed by atoms with Crippen molar-refractivity contribution in [1.29, 1.82) is 0 Å². The summed E-state index contributed by atoms with van der Waals surface area (Å²) >= 11 is 0. The molecule has 0 aromatic heterocycles. The van der Waals surface area contributed by atoms with E-state index in [1.807, 2.05) is 0 Å². The van der Waals surface area contributed by atoms with Gasteiger partial charge in [0.15, 0.2) is 14.4 Å². The zero-order chi connectivity index (χ0) is 52.7. The Morgan fingerprint density at radius 3 is 1.71 bits per heavy atom. The first-order valence-electron chi connectivity index (χ1n) is 19.4. The van der Waals surface area contributed by atoms with Crippen molar-refractivity contribution in [3.63, 3.8) is 0 Å². The van der Waals surface area contributed by atoms with E-state index in [4.69, 9.17) is 23.4 Å². The van der Waals surface area contributed by atoms with Gasteiger partial charge >= 0.3 is 59.7 Å². The summed E-state index contributed by atoms with van der Waals surface area (Å²) in [5, 5.41) is 2.07. The molecule has 2 rings (SSSR count). The van der Waals surface area contributed by atoms with Gasteiger partial charge < -0.3 is 23.4 Å². The molecule has 2 atom stereocenters. The van der Waals surface area contributed by atoms with E-state index in [2.05, 4.69) is 11.9 Å². The second kappa shape index (κ2) is 21.9. The molecule has 0 bridgehead atoms. The fraction of sp³-hybridized carbons (Fsp3) is 0.550.